The molecule has 1 heterocycles. The molecule has 0 aliphatic carbocycles. The molecule has 1 aromatic heterocycles. The van der Waals surface area contributed by atoms with Gasteiger partial charge in [0.1, 0.15) is 11.4 Å². The summed E-state index contributed by atoms with van der Waals surface area (Å²) in [5, 5.41) is 19.9. The number of rotatable bonds is 3. The molecule has 2 aromatic carbocycles. The molecule has 0 amide bonds. The third-order valence-corrected chi connectivity index (χ3v) is 4.92. The van der Waals surface area contributed by atoms with E-state index in [1.165, 1.54) is 11.7 Å². The van der Waals surface area contributed by atoms with E-state index in [1.807, 2.05) is 12.1 Å². The SMILES string of the molecule is COc1ccc(C#N)cc1/C=C(\C#N)c1cn(C(=O)OC(C)(C)C)c2ccc(Br)cc12. The Hall–Kier alpha value is -3.55. The van der Waals surface area contributed by atoms with Crippen LogP contribution in [0.1, 0.15) is 37.5 Å². The molecule has 0 fully saturated rings. The summed E-state index contributed by atoms with van der Waals surface area (Å²) < 4.78 is 13.1. The number of allylic oxidation sites excluding steroid dienone is 1. The third-order valence-electron chi connectivity index (χ3n) is 4.43. The summed E-state index contributed by atoms with van der Waals surface area (Å²) >= 11 is 3.46. The molecular weight excluding hydrogens is 458 g/mol. The van der Waals surface area contributed by atoms with Crippen molar-refractivity contribution in [2.75, 3.05) is 7.11 Å². The van der Waals surface area contributed by atoms with Gasteiger partial charge in [0, 0.05) is 27.2 Å². The second-order valence-electron chi connectivity index (χ2n) is 7.79. The number of nitriles is 2. The summed E-state index contributed by atoms with van der Waals surface area (Å²) in [5.74, 6) is 0.531. The predicted molar refractivity (Wildman–Crippen MR) is 122 cm³/mol. The number of carbonyl (C=O) groups excluding carboxylic acids is 1. The minimum absolute atomic E-state index is 0.318. The van der Waals surface area contributed by atoms with Gasteiger partial charge in [0.15, 0.2) is 0 Å². The van der Waals surface area contributed by atoms with Crippen LogP contribution < -0.4 is 4.74 Å². The van der Waals surface area contributed by atoms with Crippen molar-refractivity contribution >= 4 is 44.6 Å². The molecule has 0 unspecified atom stereocenters. The molecule has 0 N–H and O–H groups in total. The topological polar surface area (TPSA) is 88.0 Å². The average Bonchev–Trinajstić information content (AvgIpc) is 3.09. The lowest BCUT2D eigenvalue weighted by molar-refractivity contribution is 0.0544. The Morgan fingerprint density at radius 2 is 1.90 bits per heavy atom. The molecule has 0 atom stereocenters. The van der Waals surface area contributed by atoms with E-state index in [2.05, 4.69) is 28.1 Å². The fourth-order valence-corrected chi connectivity index (χ4v) is 3.48. The fourth-order valence-electron chi connectivity index (χ4n) is 3.12. The van der Waals surface area contributed by atoms with Crippen molar-refractivity contribution in [3.05, 3.63) is 63.8 Å². The van der Waals surface area contributed by atoms with Crippen LogP contribution in [0.25, 0.3) is 22.6 Å². The maximum absolute atomic E-state index is 12.8. The Bertz CT molecular complexity index is 1280. The Balaban J connectivity index is 2.23. The van der Waals surface area contributed by atoms with Crippen molar-refractivity contribution < 1.29 is 14.3 Å². The Kier molecular flexibility index (Phi) is 6.19. The summed E-state index contributed by atoms with van der Waals surface area (Å²) in [6.07, 6.45) is 2.71. The maximum atomic E-state index is 12.8. The van der Waals surface area contributed by atoms with Gasteiger partial charge in [0.25, 0.3) is 0 Å². The number of carbonyl (C=O) groups is 1. The molecule has 0 bridgehead atoms. The van der Waals surface area contributed by atoms with Crippen molar-refractivity contribution in [3.8, 4) is 17.9 Å². The normalized spacial score (nSPS) is 11.6. The number of benzene rings is 2. The maximum Gasteiger partial charge on any atom is 0.419 e. The molecular formula is C24H20BrN3O3. The first-order valence-corrected chi connectivity index (χ1v) is 10.2. The van der Waals surface area contributed by atoms with Gasteiger partial charge in [0.2, 0.25) is 0 Å². The highest BCUT2D eigenvalue weighted by Crippen LogP contribution is 2.33. The first-order valence-electron chi connectivity index (χ1n) is 9.41. The number of ether oxygens (including phenoxy) is 2. The molecule has 0 saturated carbocycles. The minimum atomic E-state index is -0.664. The van der Waals surface area contributed by atoms with E-state index in [9.17, 15) is 15.3 Å². The van der Waals surface area contributed by atoms with Crippen LogP contribution in [0.4, 0.5) is 4.79 Å². The molecule has 0 radical (unpaired) electrons. The minimum Gasteiger partial charge on any atom is -0.496 e. The van der Waals surface area contributed by atoms with Crippen LogP contribution >= 0.6 is 15.9 Å². The zero-order chi connectivity index (χ0) is 22.8. The van der Waals surface area contributed by atoms with Crippen molar-refractivity contribution in [2.45, 2.75) is 26.4 Å². The van der Waals surface area contributed by atoms with E-state index in [1.54, 1.807) is 57.3 Å². The molecule has 0 aliphatic rings. The van der Waals surface area contributed by atoms with Gasteiger partial charge in [-0.15, -0.1) is 0 Å². The van der Waals surface area contributed by atoms with Crippen molar-refractivity contribution in [1.29, 1.82) is 10.5 Å². The third kappa shape index (κ3) is 4.79. The smallest absolute Gasteiger partial charge is 0.419 e. The van der Waals surface area contributed by atoms with Crippen LogP contribution in [0.5, 0.6) is 5.75 Å². The molecule has 0 aliphatic heterocycles. The highest BCUT2D eigenvalue weighted by molar-refractivity contribution is 9.10. The van der Waals surface area contributed by atoms with Gasteiger partial charge in [-0.3, -0.25) is 4.57 Å². The quantitative estimate of drug-likeness (QED) is 0.423. The first-order chi connectivity index (χ1) is 14.7. The lowest BCUT2D eigenvalue weighted by atomic mass is 10.0. The molecule has 6 nitrogen and oxygen atoms in total. The van der Waals surface area contributed by atoms with Crippen LogP contribution in [0.2, 0.25) is 0 Å². The van der Waals surface area contributed by atoms with Crippen molar-refractivity contribution in [2.24, 2.45) is 0 Å². The van der Waals surface area contributed by atoms with E-state index in [4.69, 9.17) is 9.47 Å². The monoisotopic (exact) mass is 477 g/mol. The van der Waals surface area contributed by atoms with Crippen LogP contribution in [0.3, 0.4) is 0 Å². The highest BCUT2D eigenvalue weighted by atomic mass is 79.9. The summed E-state index contributed by atoms with van der Waals surface area (Å²) in [4.78, 5) is 12.8. The molecule has 3 rings (SSSR count). The summed E-state index contributed by atoms with van der Waals surface area (Å²) in [6.45, 7) is 5.38. The standard InChI is InChI=1S/C24H20BrN3O3/c1-24(2,3)31-23(29)28-14-20(19-11-18(25)6-7-21(19)28)17(13-27)10-16-9-15(12-26)5-8-22(16)30-4/h5-11,14H,1-4H3/b17-10+. The van der Waals surface area contributed by atoms with Gasteiger partial charge in [-0.05, 0) is 63.2 Å². The summed E-state index contributed by atoms with van der Waals surface area (Å²) in [5.41, 5.74) is 1.87. The fraction of sp³-hybridized carbons (Fsp3) is 0.208. The number of hydrogen-bond acceptors (Lipinski definition) is 5. The van der Waals surface area contributed by atoms with Crippen LogP contribution in [0, 0.1) is 22.7 Å². The number of halogens is 1. The van der Waals surface area contributed by atoms with Crippen molar-refractivity contribution in [1.82, 2.24) is 4.57 Å². The molecule has 31 heavy (non-hydrogen) atoms. The van der Waals surface area contributed by atoms with Gasteiger partial charge >= 0.3 is 6.09 Å². The Morgan fingerprint density at radius 3 is 2.52 bits per heavy atom. The van der Waals surface area contributed by atoms with Gasteiger partial charge in [-0.2, -0.15) is 10.5 Å². The lowest BCUT2D eigenvalue weighted by Crippen LogP contribution is -2.26. The zero-order valence-electron chi connectivity index (χ0n) is 17.6. The zero-order valence-corrected chi connectivity index (χ0v) is 19.1. The molecule has 156 valence electrons. The van der Waals surface area contributed by atoms with Crippen LogP contribution in [-0.2, 0) is 4.74 Å². The van der Waals surface area contributed by atoms with E-state index in [0.29, 0.717) is 38.9 Å². The number of fused-ring (bicyclic) bond motifs is 1. The van der Waals surface area contributed by atoms with Crippen LogP contribution in [0.15, 0.2) is 47.1 Å². The van der Waals surface area contributed by atoms with Crippen molar-refractivity contribution in [3.63, 3.8) is 0 Å². The largest absolute Gasteiger partial charge is 0.496 e. The first kappa shape index (κ1) is 22.1. The molecule has 3 aromatic rings. The van der Waals surface area contributed by atoms with E-state index in [-0.39, 0.29) is 0 Å². The number of hydrogen-bond donors (Lipinski definition) is 0. The van der Waals surface area contributed by atoms with Gasteiger partial charge in [-0.1, -0.05) is 15.9 Å². The molecule has 0 spiro atoms. The molecule has 0 saturated heterocycles. The second-order valence-corrected chi connectivity index (χ2v) is 8.71. The number of nitrogens with zero attached hydrogens (tertiary/aromatic N) is 3. The molecule has 7 heteroatoms. The number of methoxy groups -OCH3 is 1. The van der Waals surface area contributed by atoms with E-state index < -0.39 is 11.7 Å². The lowest BCUT2D eigenvalue weighted by Gasteiger charge is -2.19. The van der Waals surface area contributed by atoms with Crippen LogP contribution in [-0.4, -0.2) is 23.4 Å². The summed E-state index contributed by atoms with van der Waals surface area (Å²) in [6, 6.07) is 14.7. The van der Waals surface area contributed by atoms with Gasteiger partial charge < -0.3 is 9.47 Å². The van der Waals surface area contributed by atoms with E-state index in [0.717, 1.165) is 4.47 Å². The average molecular weight is 478 g/mol. The summed E-state index contributed by atoms with van der Waals surface area (Å²) in [7, 11) is 1.52. The highest BCUT2D eigenvalue weighted by Gasteiger charge is 2.22. The Labute approximate surface area is 189 Å². The Morgan fingerprint density at radius 1 is 1.16 bits per heavy atom. The second kappa shape index (κ2) is 8.67. The van der Waals surface area contributed by atoms with Gasteiger partial charge in [-0.25, -0.2) is 4.79 Å². The van der Waals surface area contributed by atoms with Gasteiger partial charge in [0.05, 0.1) is 35.9 Å². The predicted octanol–water partition coefficient (Wildman–Crippen LogP) is 6.13. The number of aromatic nitrogens is 1. The van der Waals surface area contributed by atoms with E-state index >= 15 is 0 Å².